The number of oxime groups is 1. The van der Waals surface area contributed by atoms with Gasteiger partial charge in [0.25, 0.3) is 0 Å². The van der Waals surface area contributed by atoms with Crippen LogP contribution in [0, 0.1) is 5.92 Å². The number of nitrogens with one attached hydrogen (secondary N) is 1. The molecule has 0 spiro atoms. The van der Waals surface area contributed by atoms with E-state index in [0.29, 0.717) is 6.54 Å². The van der Waals surface area contributed by atoms with E-state index in [0.717, 1.165) is 0 Å². The molecule has 5 nitrogen and oxygen atoms in total. The third-order valence-electron chi connectivity index (χ3n) is 1.64. The number of aliphatic hydroxyl groups excluding tert-OH is 1. The summed E-state index contributed by atoms with van der Waals surface area (Å²) in [5.74, 6) is 0.332. The molecule has 0 heterocycles. The van der Waals surface area contributed by atoms with Crippen LogP contribution in [-0.2, 0) is 0 Å². The van der Waals surface area contributed by atoms with Crippen LogP contribution in [0.5, 0.6) is 0 Å². The summed E-state index contributed by atoms with van der Waals surface area (Å²) >= 11 is 0. The number of nitrogens with zero attached hydrogens (tertiary/aromatic N) is 1. The number of rotatable bonds is 5. The molecule has 0 saturated carbocycles. The average Bonchev–Trinajstić information content (AvgIpc) is 2.11. The van der Waals surface area contributed by atoms with Crippen LogP contribution in [0.4, 0.5) is 0 Å². The standard InChI is InChI=1S/C7H17N3O2/c1-5(4-11)3-9-6(2)7(8)10-12/h5-6,9,11-12H,3-4H2,1-2H3,(H2,8,10). The maximum atomic E-state index is 8.69. The Morgan fingerprint density at radius 3 is 2.58 bits per heavy atom. The number of aliphatic hydroxyl groups is 1. The van der Waals surface area contributed by atoms with Gasteiger partial charge in [-0.15, -0.1) is 0 Å². The number of amidine groups is 1. The molecule has 2 unspecified atom stereocenters. The third-order valence-corrected chi connectivity index (χ3v) is 1.64. The fraction of sp³-hybridized carbons (Fsp3) is 0.857. The minimum atomic E-state index is -0.163. The van der Waals surface area contributed by atoms with E-state index >= 15 is 0 Å². The molecule has 2 atom stereocenters. The van der Waals surface area contributed by atoms with Crippen molar-refractivity contribution in [2.45, 2.75) is 19.9 Å². The van der Waals surface area contributed by atoms with E-state index < -0.39 is 0 Å². The predicted octanol–water partition coefficient (Wildman–Crippen LogP) is -0.661. The van der Waals surface area contributed by atoms with Gasteiger partial charge in [-0.1, -0.05) is 12.1 Å². The van der Waals surface area contributed by atoms with Crippen molar-refractivity contribution in [3.05, 3.63) is 0 Å². The van der Waals surface area contributed by atoms with Crippen LogP contribution >= 0.6 is 0 Å². The van der Waals surface area contributed by atoms with Crippen molar-refractivity contribution in [1.82, 2.24) is 5.32 Å². The van der Waals surface area contributed by atoms with Crippen molar-refractivity contribution in [2.24, 2.45) is 16.8 Å². The molecule has 0 saturated heterocycles. The molecule has 0 aliphatic heterocycles. The van der Waals surface area contributed by atoms with E-state index in [2.05, 4.69) is 10.5 Å². The Balaban J connectivity index is 3.64. The lowest BCUT2D eigenvalue weighted by Gasteiger charge is -2.14. The van der Waals surface area contributed by atoms with E-state index in [1.807, 2.05) is 6.92 Å². The second-order valence-corrected chi connectivity index (χ2v) is 2.94. The lowest BCUT2D eigenvalue weighted by molar-refractivity contribution is 0.233. The van der Waals surface area contributed by atoms with Crippen molar-refractivity contribution >= 4 is 5.84 Å². The molecule has 5 N–H and O–H groups in total. The van der Waals surface area contributed by atoms with Crippen LogP contribution in [0.2, 0.25) is 0 Å². The lowest BCUT2D eigenvalue weighted by Crippen LogP contribution is -2.41. The summed E-state index contributed by atoms with van der Waals surface area (Å²) in [6.07, 6.45) is 0. The Morgan fingerprint density at radius 2 is 2.17 bits per heavy atom. The zero-order valence-corrected chi connectivity index (χ0v) is 7.49. The van der Waals surface area contributed by atoms with Crippen molar-refractivity contribution < 1.29 is 10.3 Å². The molecule has 0 rings (SSSR count). The summed E-state index contributed by atoms with van der Waals surface area (Å²) in [6, 6.07) is -0.163. The van der Waals surface area contributed by atoms with Gasteiger partial charge >= 0.3 is 0 Å². The van der Waals surface area contributed by atoms with Crippen LogP contribution in [-0.4, -0.2) is 35.3 Å². The largest absolute Gasteiger partial charge is 0.409 e. The summed E-state index contributed by atoms with van der Waals surface area (Å²) < 4.78 is 0. The first-order valence-corrected chi connectivity index (χ1v) is 3.93. The van der Waals surface area contributed by atoms with Crippen LogP contribution in [0.1, 0.15) is 13.8 Å². The molecular formula is C7H17N3O2. The molecule has 0 aromatic carbocycles. The second-order valence-electron chi connectivity index (χ2n) is 2.94. The average molecular weight is 175 g/mol. The number of hydrogen-bond donors (Lipinski definition) is 4. The summed E-state index contributed by atoms with van der Waals surface area (Å²) in [7, 11) is 0. The summed E-state index contributed by atoms with van der Waals surface area (Å²) in [5, 5.41) is 22.9. The van der Waals surface area contributed by atoms with E-state index in [4.69, 9.17) is 16.0 Å². The van der Waals surface area contributed by atoms with Crippen molar-refractivity contribution in [3.63, 3.8) is 0 Å². The van der Waals surface area contributed by atoms with Gasteiger partial charge < -0.3 is 21.4 Å². The topological polar surface area (TPSA) is 90.9 Å². The van der Waals surface area contributed by atoms with Gasteiger partial charge in [0.1, 0.15) is 0 Å². The van der Waals surface area contributed by atoms with Crippen molar-refractivity contribution in [1.29, 1.82) is 0 Å². The highest BCUT2D eigenvalue weighted by Crippen LogP contribution is 1.90. The molecule has 0 fully saturated rings. The Hall–Kier alpha value is -0.810. The van der Waals surface area contributed by atoms with Crippen molar-refractivity contribution in [2.75, 3.05) is 13.2 Å². The van der Waals surface area contributed by atoms with E-state index in [1.54, 1.807) is 6.92 Å². The lowest BCUT2D eigenvalue weighted by atomic mass is 10.2. The first-order valence-electron chi connectivity index (χ1n) is 3.93. The highest BCUT2D eigenvalue weighted by molar-refractivity contribution is 5.84. The van der Waals surface area contributed by atoms with Gasteiger partial charge in [0.2, 0.25) is 0 Å². The van der Waals surface area contributed by atoms with Crippen LogP contribution < -0.4 is 11.1 Å². The summed E-state index contributed by atoms with van der Waals surface area (Å²) in [5.41, 5.74) is 5.32. The minimum absolute atomic E-state index is 0.135. The van der Waals surface area contributed by atoms with Crippen LogP contribution in [0.3, 0.4) is 0 Å². The van der Waals surface area contributed by atoms with E-state index in [-0.39, 0.29) is 24.4 Å². The Morgan fingerprint density at radius 1 is 1.58 bits per heavy atom. The molecule has 72 valence electrons. The summed E-state index contributed by atoms with van der Waals surface area (Å²) in [6.45, 7) is 4.48. The Kier molecular flexibility index (Phi) is 5.40. The molecule has 0 aliphatic rings. The molecule has 0 aromatic heterocycles. The number of nitrogens with two attached hydrogens (primary N) is 1. The Bertz CT molecular complexity index is 150. The third kappa shape index (κ3) is 4.15. The van der Waals surface area contributed by atoms with Crippen LogP contribution in [0.15, 0.2) is 5.16 Å². The smallest absolute Gasteiger partial charge is 0.156 e. The molecular weight excluding hydrogens is 158 g/mol. The van der Waals surface area contributed by atoms with E-state index in [1.165, 1.54) is 0 Å². The highest BCUT2D eigenvalue weighted by atomic mass is 16.4. The summed E-state index contributed by atoms with van der Waals surface area (Å²) in [4.78, 5) is 0. The molecule has 12 heavy (non-hydrogen) atoms. The monoisotopic (exact) mass is 175 g/mol. The van der Waals surface area contributed by atoms with Crippen molar-refractivity contribution in [3.8, 4) is 0 Å². The second kappa shape index (κ2) is 5.79. The first-order chi connectivity index (χ1) is 5.61. The molecule has 0 radical (unpaired) electrons. The zero-order valence-electron chi connectivity index (χ0n) is 7.49. The molecule has 0 aliphatic carbocycles. The zero-order chi connectivity index (χ0) is 9.56. The fourth-order valence-corrected chi connectivity index (χ4v) is 0.634. The maximum Gasteiger partial charge on any atom is 0.156 e. The highest BCUT2D eigenvalue weighted by Gasteiger charge is 2.07. The SMILES string of the molecule is CC(CO)CNC(C)C(N)=NO. The van der Waals surface area contributed by atoms with Gasteiger partial charge in [-0.3, -0.25) is 0 Å². The van der Waals surface area contributed by atoms with Crippen LogP contribution in [0.25, 0.3) is 0 Å². The molecule has 0 aromatic rings. The first kappa shape index (κ1) is 11.2. The quantitative estimate of drug-likeness (QED) is 0.193. The fourth-order valence-electron chi connectivity index (χ4n) is 0.634. The minimum Gasteiger partial charge on any atom is -0.409 e. The van der Waals surface area contributed by atoms with E-state index in [9.17, 15) is 0 Å². The normalized spacial score (nSPS) is 17.4. The van der Waals surface area contributed by atoms with Gasteiger partial charge in [-0.05, 0) is 12.8 Å². The van der Waals surface area contributed by atoms with Gasteiger partial charge in [0.15, 0.2) is 5.84 Å². The van der Waals surface area contributed by atoms with Gasteiger partial charge in [0.05, 0.1) is 6.04 Å². The molecule has 0 bridgehead atoms. The van der Waals surface area contributed by atoms with Gasteiger partial charge in [-0.2, -0.15) is 0 Å². The Labute approximate surface area is 72.3 Å². The predicted molar refractivity (Wildman–Crippen MR) is 47.1 cm³/mol. The number of hydrogen-bond acceptors (Lipinski definition) is 4. The van der Waals surface area contributed by atoms with Gasteiger partial charge in [0, 0.05) is 13.2 Å². The molecule has 0 amide bonds. The maximum absolute atomic E-state index is 8.69. The van der Waals surface area contributed by atoms with Gasteiger partial charge in [-0.25, -0.2) is 0 Å². The molecule has 5 heteroatoms.